The van der Waals surface area contributed by atoms with Crippen molar-refractivity contribution in [2.75, 3.05) is 11.9 Å². The molecule has 0 radical (unpaired) electrons. The molecule has 1 heterocycles. The molecule has 0 aliphatic carbocycles. The van der Waals surface area contributed by atoms with E-state index in [0.29, 0.717) is 6.54 Å². The number of nitrogens with zero attached hydrogens (tertiary/aromatic N) is 2. The van der Waals surface area contributed by atoms with Crippen molar-refractivity contribution in [1.29, 1.82) is 0 Å². The molecule has 124 valence electrons. The fourth-order valence-electron chi connectivity index (χ4n) is 3.03. The highest BCUT2D eigenvalue weighted by atomic mass is 79.9. The smallest absolute Gasteiger partial charge is 0.251 e. The SMILES string of the molecule is CCc1ccc(N(C)Cc2cc(=O)n(C)c3ccccc23)c(Br)c1. The molecule has 4 heteroatoms. The Kier molecular flexibility index (Phi) is 4.76. The van der Waals surface area contributed by atoms with Gasteiger partial charge in [0, 0.05) is 36.6 Å². The molecular formula is C20H21BrN2O. The van der Waals surface area contributed by atoms with E-state index in [9.17, 15) is 4.79 Å². The van der Waals surface area contributed by atoms with Gasteiger partial charge in [-0.3, -0.25) is 4.79 Å². The van der Waals surface area contributed by atoms with Crippen LogP contribution in [-0.2, 0) is 20.0 Å². The molecule has 0 spiro atoms. The summed E-state index contributed by atoms with van der Waals surface area (Å²) in [7, 11) is 3.87. The zero-order valence-corrected chi connectivity index (χ0v) is 15.8. The monoisotopic (exact) mass is 384 g/mol. The minimum atomic E-state index is 0.0255. The van der Waals surface area contributed by atoms with Crippen molar-refractivity contribution in [2.24, 2.45) is 7.05 Å². The number of aromatic nitrogens is 1. The van der Waals surface area contributed by atoms with Crippen LogP contribution in [-0.4, -0.2) is 11.6 Å². The van der Waals surface area contributed by atoms with Crippen LogP contribution in [0.4, 0.5) is 5.69 Å². The lowest BCUT2D eigenvalue weighted by atomic mass is 10.1. The minimum Gasteiger partial charge on any atom is -0.369 e. The maximum absolute atomic E-state index is 12.3. The largest absolute Gasteiger partial charge is 0.369 e. The van der Waals surface area contributed by atoms with Crippen LogP contribution >= 0.6 is 15.9 Å². The van der Waals surface area contributed by atoms with Gasteiger partial charge in [-0.25, -0.2) is 0 Å². The summed E-state index contributed by atoms with van der Waals surface area (Å²) >= 11 is 3.67. The molecule has 0 fully saturated rings. The third-order valence-electron chi connectivity index (χ3n) is 4.48. The van der Waals surface area contributed by atoms with Gasteiger partial charge in [0.2, 0.25) is 0 Å². The summed E-state index contributed by atoms with van der Waals surface area (Å²) in [6, 6.07) is 16.2. The van der Waals surface area contributed by atoms with Gasteiger partial charge >= 0.3 is 0 Å². The van der Waals surface area contributed by atoms with Crippen molar-refractivity contribution >= 4 is 32.5 Å². The predicted octanol–water partition coefficient (Wildman–Crippen LogP) is 4.50. The second kappa shape index (κ2) is 6.81. The molecular weight excluding hydrogens is 364 g/mol. The van der Waals surface area contributed by atoms with E-state index < -0.39 is 0 Å². The first-order valence-corrected chi connectivity index (χ1v) is 8.87. The Morgan fingerprint density at radius 2 is 1.88 bits per heavy atom. The molecule has 0 amide bonds. The summed E-state index contributed by atoms with van der Waals surface area (Å²) < 4.78 is 2.78. The molecule has 0 saturated carbocycles. The number of hydrogen-bond donors (Lipinski definition) is 0. The molecule has 3 nitrogen and oxygen atoms in total. The number of aryl methyl sites for hydroxylation is 2. The van der Waals surface area contributed by atoms with Gasteiger partial charge in [0.05, 0.1) is 11.2 Å². The van der Waals surface area contributed by atoms with Crippen LogP contribution in [0.15, 0.2) is 57.8 Å². The number of para-hydroxylation sites is 1. The van der Waals surface area contributed by atoms with E-state index in [1.165, 1.54) is 5.56 Å². The highest BCUT2D eigenvalue weighted by Gasteiger charge is 2.11. The summed E-state index contributed by atoms with van der Waals surface area (Å²) in [5.41, 5.74) is 4.46. The molecule has 3 aromatic rings. The van der Waals surface area contributed by atoms with E-state index in [4.69, 9.17) is 0 Å². The number of pyridine rings is 1. The molecule has 1 aromatic heterocycles. The molecule has 0 bridgehead atoms. The first-order valence-electron chi connectivity index (χ1n) is 8.08. The number of halogens is 1. The third-order valence-corrected chi connectivity index (χ3v) is 5.11. The average Bonchev–Trinajstić information content (AvgIpc) is 2.59. The number of anilines is 1. The highest BCUT2D eigenvalue weighted by Crippen LogP contribution is 2.28. The van der Waals surface area contributed by atoms with Crippen LogP contribution in [0.1, 0.15) is 18.1 Å². The van der Waals surface area contributed by atoms with E-state index >= 15 is 0 Å². The summed E-state index contributed by atoms with van der Waals surface area (Å²) in [6.07, 6.45) is 1.02. The van der Waals surface area contributed by atoms with Crippen molar-refractivity contribution in [1.82, 2.24) is 4.57 Å². The fourth-order valence-corrected chi connectivity index (χ4v) is 3.76. The molecule has 0 unspecified atom stereocenters. The van der Waals surface area contributed by atoms with E-state index in [-0.39, 0.29) is 5.56 Å². The summed E-state index contributed by atoms with van der Waals surface area (Å²) in [5, 5.41) is 1.12. The molecule has 0 aliphatic heterocycles. The quantitative estimate of drug-likeness (QED) is 0.661. The van der Waals surface area contributed by atoms with Gasteiger partial charge in [0.1, 0.15) is 0 Å². The van der Waals surface area contributed by atoms with Gasteiger partial charge in [-0.05, 0) is 51.7 Å². The number of fused-ring (bicyclic) bond motifs is 1. The first kappa shape index (κ1) is 16.8. The lowest BCUT2D eigenvalue weighted by Crippen LogP contribution is -2.22. The lowest BCUT2D eigenvalue weighted by Gasteiger charge is -2.22. The van der Waals surface area contributed by atoms with E-state index in [2.05, 4.69) is 59.1 Å². The Bertz CT molecular complexity index is 946. The molecule has 3 rings (SSSR count). The van der Waals surface area contributed by atoms with Crippen LogP contribution < -0.4 is 10.5 Å². The molecule has 0 aliphatic rings. The Labute approximate surface area is 150 Å². The maximum atomic E-state index is 12.3. The zero-order valence-electron chi connectivity index (χ0n) is 14.2. The average molecular weight is 385 g/mol. The predicted molar refractivity (Wildman–Crippen MR) is 105 cm³/mol. The molecule has 2 aromatic carbocycles. The number of rotatable bonds is 4. The van der Waals surface area contributed by atoms with Gasteiger partial charge < -0.3 is 9.47 Å². The topological polar surface area (TPSA) is 25.2 Å². The van der Waals surface area contributed by atoms with Gasteiger partial charge in [-0.1, -0.05) is 31.2 Å². The molecule has 24 heavy (non-hydrogen) atoms. The minimum absolute atomic E-state index is 0.0255. The van der Waals surface area contributed by atoms with Crippen LogP contribution in [0, 0.1) is 0 Å². The van der Waals surface area contributed by atoms with E-state index in [1.807, 2.05) is 25.2 Å². The number of benzene rings is 2. The fraction of sp³-hybridized carbons (Fsp3) is 0.250. The Morgan fingerprint density at radius 1 is 1.12 bits per heavy atom. The van der Waals surface area contributed by atoms with E-state index in [0.717, 1.165) is 33.0 Å². The van der Waals surface area contributed by atoms with Crippen LogP contribution in [0.5, 0.6) is 0 Å². The van der Waals surface area contributed by atoms with Crippen LogP contribution in [0.25, 0.3) is 10.9 Å². The summed E-state index contributed by atoms with van der Waals surface area (Å²) in [5.74, 6) is 0. The molecule has 0 N–H and O–H groups in total. The van der Waals surface area contributed by atoms with Crippen molar-refractivity contribution in [3.8, 4) is 0 Å². The second-order valence-electron chi connectivity index (χ2n) is 6.08. The molecule has 0 saturated heterocycles. The highest BCUT2D eigenvalue weighted by molar-refractivity contribution is 9.10. The zero-order chi connectivity index (χ0) is 17.3. The first-order chi connectivity index (χ1) is 11.5. The summed E-state index contributed by atoms with van der Waals surface area (Å²) in [4.78, 5) is 14.4. The normalized spacial score (nSPS) is 11.0. The lowest BCUT2D eigenvalue weighted by molar-refractivity contribution is 0.878. The summed E-state index contributed by atoms with van der Waals surface area (Å²) in [6.45, 7) is 2.83. The Hall–Kier alpha value is -2.07. The van der Waals surface area contributed by atoms with Crippen LogP contribution in [0.3, 0.4) is 0 Å². The Morgan fingerprint density at radius 3 is 2.58 bits per heavy atom. The van der Waals surface area contributed by atoms with Gasteiger partial charge in [0.25, 0.3) is 5.56 Å². The maximum Gasteiger partial charge on any atom is 0.251 e. The van der Waals surface area contributed by atoms with Crippen molar-refractivity contribution in [3.63, 3.8) is 0 Å². The second-order valence-corrected chi connectivity index (χ2v) is 6.93. The number of hydrogen-bond acceptors (Lipinski definition) is 2. The van der Waals surface area contributed by atoms with Crippen molar-refractivity contribution < 1.29 is 0 Å². The Balaban J connectivity index is 2.01. The van der Waals surface area contributed by atoms with Crippen LogP contribution in [0.2, 0.25) is 0 Å². The van der Waals surface area contributed by atoms with Gasteiger partial charge in [-0.2, -0.15) is 0 Å². The third kappa shape index (κ3) is 3.11. The van der Waals surface area contributed by atoms with E-state index in [1.54, 1.807) is 10.6 Å². The van der Waals surface area contributed by atoms with Gasteiger partial charge in [-0.15, -0.1) is 0 Å². The van der Waals surface area contributed by atoms with Gasteiger partial charge in [0.15, 0.2) is 0 Å². The standard InChI is InChI=1S/C20H21BrN2O/c1-4-14-9-10-19(17(21)11-14)22(2)13-15-12-20(24)23(3)18-8-6-5-7-16(15)18/h5-12H,4,13H2,1-3H3. The van der Waals surface area contributed by atoms with Crippen molar-refractivity contribution in [2.45, 2.75) is 19.9 Å². The molecule has 0 atom stereocenters. The van der Waals surface area contributed by atoms with Crippen molar-refractivity contribution in [3.05, 3.63) is 74.5 Å².